The maximum absolute atomic E-state index is 10.7. The minimum absolute atomic E-state index is 0.0819. The van der Waals surface area contributed by atoms with Crippen molar-refractivity contribution in [2.24, 2.45) is 5.84 Å². The number of hydrogen-bond donors (Lipinski definition) is 3. The number of nitrogens with one attached hydrogen (secondary N) is 1. The lowest BCUT2D eigenvalue weighted by molar-refractivity contribution is -0.392. The molecule has 0 atom stereocenters. The fourth-order valence-electron chi connectivity index (χ4n) is 1.56. The van der Waals surface area contributed by atoms with Crippen LogP contribution in [0.3, 0.4) is 0 Å². The molecule has 0 aliphatic heterocycles. The number of nitro groups is 1. The number of aliphatic hydroxyl groups excluding tert-OH is 1. The average Bonchev–Trinajstić information content (AvgIpc) is 2.90. The van der Waals surface area contributed by atoms with Gasteiger partial charge in [0.05, 0.1) is 6.61 Å². The molecule has 0 aliphatic carbocycles. The van der Waals surface area contributed by atoms with Crippen LogP contribution >= 0.6 is 0 Å². The lowest BCUT2D eigenvalue weighted by atomic mass is 10.3. The third kappa shape index (κ3) is 4.61. The molecule has 2 aromatic heterocycles. The molecule has 0 fully saturated rings. The van der Waals surface area contributed by atoms with E-state index in [-0.39, 0.29) is 24.9 Å². The number of aryl methyl sites for hydroxylation is 1. The zero-order chi connectivity index (χ0) is 16.5. The number of aromatic nitrogens is 3. The quantitative estimate of drug-likeness (QED) is 0.306. The van der Waals surface area contributed by atoms with Crippen LogP contribution in [0.15, 0.2) is 30.7 Å². The molecule has 0 spiro atoms. The summed E-state index contributed by atoms with van der Waals surface area (Å²) < 4.78 is 1.36. The summed E-state index contributed by atoms with van der Waals surface area (Å²) in [6.45, 7) is 1.74. The molecule has 0 aliphatic rings. The van der Waals surface area contributed by atoms with Gasteiger partial charge in [-0.2, -0.15) is 0 Å². The molecule has 0 saturated heterocycles. The van der Waals surface area contributed by atoms with Crippen molar-refractivity contribution in [3.05, 3.63) is 52.2 Å². The molecular weight excluding hydrogens is 292 g/mol. The number of nitrogens with two attached hydrogens (primary N) is 1. The third-order valence-electron chi connectivity index (χ3n) is 2.62. The Morgan fingerprint density at radius 3 is 2.64 bits per heavy atom. The summed E-state index contributed by atoms with van der Waals surface area (Å²) in [6, 6.07) is 3.17. The van der Waals surface area contributed by atoms with E-state index in [4.69, 9.17) is 10.9 Å². The summed E-state index contributed by atoms with van der Waals surface area (Å²) >= 11 is 0. The molecule has 0 bridgehead atoms. The minimum atomic E-state index is -0.518. The van der Waals surface area contributed by atoms with Crippen molar-refractivity contribution in [2.75, 3.05) is 6.61 Å². The van der Waals surface area contributed by atoms with Gasteiger partial charge in [0.15, 0.2) is 5.82 Å². The van der Waals surface area contributed by atoms with Crippen LogP contribution in [0, 0.1) is 17.0 Å². The van der Waals surface area contributed by atoms with Crippen LogP contribution in [0.1, 0.15) is 16.2 Å². The average molecular weight is 308 g/mol. The number of aliphatic hydroxyl groups is 1. The van der Waals surface area contributed by atoms with Crippen LogP contribution in [0.4, 0.5) is 5.82 Å². The predicted octanol–water partition coefficient (Wildman–Crippen LogP) is -0.223. The van der Waals surface area contributed by atoms with Crippen molar-refractivity contribution in [1.82, 2.24) is 20.0 Å². The van der Waals surface area contributed by atoms with E-state index in [2.05, 4.69) is 9.97 Å². The van der Waals surface area contributed by atoms with Gasteiger partial charge in [0.25, 0.3) is 5.91 Å². The van der Waals surface area contributed by atoms with Crippen molar-refractivity contribution in [1.29, 1.82) is 0 Å². The van der Waals surface area contributed by atoms with Gasteiger partial charge in [-0.3, -0.25) is 15.2 Å². The molecule has 2 aromatic rings. The van der Waals surface area contributed by atoms with Crippen LogP contribution in [0.5, 0.6) is 0 Å². The fourth-order valence-corrected chi connectivity index (χ4v) is 1.56. The van der Waals surface area contributed by atoms with Gasteiger partial charge in [-0.25, -0.2) is 15.4 Å². The topological polar surface area (TPSA) is 149 Å². The second-order valence-corrected chi connectivity index (χ2v) is 4.01. The molecular formula is C12H16N6O4. The van der Waals surface area contributed by atoms with Crippen molar-refractivity contribution in [3.8, 4) is 0 Å². The molecule has 2 heterocycles. The van der Waals surface area contributed by atoms with Crippen LogP contribution < -0.4 is 11.3 Å². The van der Waals surface area contributed by atoms with Crippen LogP contribution in [-0.2, 0) is 6.54 Å². The molecule has 0 unspecified atom stereocenters. The Labute approximate surface area is 125 Å². The molecule has 0 radical (unpaired) electrons. The van der Waals surface area contributed by atoms with Gasteiger partial charge in [-0.15, -0.1) is 0 Å². The van der Waals surface area contributed by atoms with Crippen LogP contribution in [-0.4, -0.2) is 37.1 Å². The van der Waals surface area contributed by atoms with Gasteiger partial charge >= 0.3 is 5.82 Å². The number of carbonyl (C=O) groups excluding carboxylic acids is 1. The third-order valence-corrected chi connectivity index (χ3v) is 2.62. The summed E-state index contributed by atoms with van der Waals surface area (Å²) in [5, 5.41) is 19.0. The van der Waals surface area contributed by atoms with Crippen LogP contribution in [0.2, 0.25) is 0 Å². The van der Waals surface area contributed by atoms with E-state index in [1.807, 2.05) is 5.43 Å². The van der Waals surface area contributed by atoms with Crippen molar-refractivity contribution in [3.63, 3.8) is 0 Å². The first-order valence-electron chi connectivity index (χ1n) is 6.19. The maximum Gasteiger partial charge on any atom is 0.342 e. The Morgan fingerprint density at radius 2 is 2.14 bits per heavy atom. The molecule has 22 heavy (non-hydrogen) atoms. The first-order chi connectivity index (χ1) is 10.5. The second-order valence-electron chi connectivity index (χ2n) is 4.01. The van der Waals surface area contributed by atoms with E-state index >= 15 is 0 Å². The number of carbonyl (C=O) groups is 1. The van der Waals surface area contributed by atoms with Gasteiger partial charge in [0.2, 0.25) is 0 Å². The molecule has 10 heteroatoms. The fraction of sp³-hybridized carbons (Fsp3) is 0.250. The van der Waals surface area contributed by atoms with E-state index in [0.29, 0.717) is 11.4 Å². The number of imidazole rings is 1. The van der Waals surface area contributed by atoms with Crippen molar-refractivity contribution in [2.45, 2.75) is 13.5 Å². The highest BCUT2D eigenvalue weighted by Crippen LogP contribution is 2.12. The van der Waals surface area contributed by atoms with Gasteiger partial charge in [-0.05, 0) is 17.1 Å². The van der Waals surface area contributed by atoms with Gasteiger partial charge in [0.1, 0.15) is 12.7 Å². The summed E-state index contributed by atoms with van der Waals surface area (Å²) in [5.41, 5.74) is 2.53. The largest absolute Gasteiger partial charge is 0.392 e. The molecule has 2 rings (SSSR count). The van der Waals surface area contributed by atoms with Crippen molar-refractivity contribution >= 4 is 11.7 Å². The maximum atomic E-state index is 10.7. The van der Waals surface area contributed by atoms with Gasteiger partial charge in [0, 0.05) is 24.9 Å². The number of nitrogens with zero attached hydrogens (tertiary/aromatic N) is 4. The lowest BCUT2D eigenvalue weighted by Gasteiger charge is -1.98. The highest BCUT2D eigenvalue weighted by molar-refractivity contribution is 5.93. The molecule has 1 amide bonds. The Morgan fingerprint density at radius 1 is 1.50 bits per heavy atom. The summed E-state index contributed by atoms with van der Waals surface area (Å²) in [5.74, 6) is 5.04. The normalized spacial score (nSPS) is 9.59. The molecule has 4 N–H and O–H groups in total. The Balaban J connectivity index is 0.000000224. The lowest BCUT2D eigenvalue weighted by Crippen LogP contribution is -2.29. The smallest absolute Gasteiger partial charge is 0.342 e. The SMILES string of the molecule is Cc1ncc([N+](=O)[O-])n1CCO.NNC(=O)c1ccncc1. The molecule has 118 valence electrons. The monoisotopic (exact) mass is 308 g/mol. The number of pyridine rings is 1. The summed E-state index contributed by atoms with van der Waals surface area (Å²) in [7, 11) is 0. The molecule has 0 aromatic carbocycles. The number of nitrogen functional groups attached to an aromatic ring is 1. The first kappa shape index (κ1) is 17.2. The number of amides is 1. The molecule has 0 saturated carbocycles. The minimum Gasteiger partial charge on any atom is -0.392 e. The van der Waals surface area contributed by atoms with E-state index < -0.39 is 4.92 Å². The van der Waals surface area contributed by atoms with E-state index in [1.54, 1.807) is 19.1 Å². The number of hydrazine groups is 1. The van der Waals surface area contributed by atoms with E-state index in [0.717, 1.165) is 0 Å². The second kappa shape index (κ2) is 8.44. The van der Waals surface area contributed by atoms with Gasteiger partial charge in [-0.1, -0.05) is 0 Å². The zero-order valence-electron chi connectivity index (χ0n) is 11.8. The zero-order valence-corrected chi connectivity index (χ0v) is 11.8. The predicted molar refractivity (Wildman–Crippen MR) is 76.6 cm³/mol. The van der Waals surface area contributed by atoms with E-state index in [1.165, 1.54) is 23.2 Å². The van der Waals surface area contributed by atoms with Crippen molar-refractivity contribution < 1.29 is 14.8 Å². The Kier molecular flexibility index (Phi) is 6.60. The summed E-state index contributed by atoms with van der Waals surface area (Å²) in [6.07, 6.45) is 4.25. The Bertz CT molecular complexity index is 628. The molecule has 10 nitrogen and oxygen atoms in total. The van der Waals surface area contributed by atoms with Gasteiger partial charge < -0.3 is 15.2 Å². The number of hydrogen-bond acceptors (Lipinski definition) is 7. The summed E-state index contributed by atoms with van der Waals surface area (Å²) in [4.78, 5) is 28.1. The standard InChI is InChI=1S/C6H9N3O3.C6H7N3O/c1-5-7-4-6(9(11)12)8(5)2-3-10;7-9-6(10)5-1-3-8-4-2-5/h4,10H,2-3H2,1H3;1-4H,7H2,(H,9,10). The van der Waals surface area contributed by atoms with Crippen LogP contribution in [0.25, 0.3) is 0 Å². The Hall–Kier alpha value is -2.85. The number of rotatable bonds is 4. The first-order valence-corrected chi connectivity index (χ1v) is 6.19. The highest BCUT2D eigenvalue weighted by atomic mass is 16.6. The van der Waals surface area contributed by atoms with E-state index in [9.17, 15) is 14.9 Å². The highest BCUT2D eigenvalue weighted by Gasteiger charge is 2.15.